The van der Waals surface area contributed by atoms with Gasteiger partial charge in [-0.15, -0.1) is 22.7 Å². The fraction of sp³-hybridized carbons (Fsp3) is 0.478. The van der Waals surface area contributed by atoms with Crippen LogP contribution < -0.4 is 20.4 Å². The summed E-state index contributed by atoms with van der Waals surface area (Å²) in [6.07, 6.45) is 13.7. The van der Waals surface area contributed by atoms with Crippen LogP contribution in [0, 0.1) is 11.8 Å². The predicted octanol–water partition coefficient (Wildman–Crippen LogP) is 8.97. The first-order valence-electron chi connectivity index (χ1n) is 21.3. The minimum absolute atomic E-state index is 0.631. The summed E-state index contributed by atoms with van der Waals surface area (Å²) in [6, 6.07) is 23.4. The summed E-state index contributed by atoms with van der Waals surface area (Å²) >= 11 is 3.44. The molecule has 1 unspecified atom stereocenters. The number of benzene rings is 2. The van der Waals surface area contributed by atoms with Gasteiger partial charge in [-0.25, -0.2) is 19.9 Å². The van der Waals surface area contributed by atoms with Crippen molar-refractivity contribution in [2.45, 2.75) is 76.4 Å². The Morgan fingerprint density at radius 1 is 0.614 bits per heavy atom. The van der Waals surface area contributed by atoms with Gasteiger partial charge in [-0.3, -0.25) is 0 Å². The van der Waals surface area contributed by atoms with Crippen LogP contribution in [-0.2, 0) is 0 Å². The second kappa shape index (κ2) is 17.9. The Bertz CT molecular complexity index is 2180. The number of hydrogen-bond donors (Lipinski definition) is 2. The first-order chi connectivity index (χ1) is 28.1. The van der Waals surface area contributed by atoms with Gasteiger partial charge in [0.05, 0.1) is 10.8 Å². The van der Waals surface area contributed by atoms with Gasteiger partial charge in [0.1, 0.15) is 34.0 Å². The molecule has 1 aliphatic carbocycles. The number of hydrogen-bond acceptors (Lipinski definition) is 11. The van der Waals surface area contributed by atoms with E-state index in [1.165, 1.54) is 97.5 Å². The highest BCUT2D eigenvalue weighted by Gasteiger charge is 2.30. The molecule has 0 bridgehead atoms. The first kappa shape index (κ1) is 38.5. The lowest BCUT2D eigenvalue weighted by atomic mass is 9.90. The number of nitrogens with zero attached hydrogens (tertiary/aromatic N) is 7. The second-order valence-electron chi connectivity index (χ2n) is 16.8. The largest absolute Gasteiger partial charge is 0.356 e. The molecule has 0 spiro atoms. The first-order valence-corrected chi connectivity index (χ1v) is 23.1. The van der Waals surface area contributed by atoms with E-state index in [-0.39, 0.29) is 0 Å². The topological polar surface area (TPSA) is 85.3 Å². The van der Waals surface area contributed by atoms with Crippen molar-refractivity contribution in [1.29, 1.82) is 0 Å². The molecule has 3 saturated heterocycles. The molecule has 57 heavy (non-hydrogen) atoms. The second-order valence-corrected chi connectivity index (χ2v) is 18.5. The van der Waals surface area contributed by atoms with E-state index in [2.05, 4.69) is 121 Å². The van der Waals surface area contributed by atoms with E-state index < -0.39 is 0 Å². The summed E-state index contributed by atoms with van der Waals surface area (Å²) in [5, 5.41) is 14.5. The van der Waals surface area contributed by atoms with Crippen LogP contribution in [0.3, 0.4) is 0 Å². The molecule has 298 valence electrons. The van der Waals surface area contributed by atoms with E-state index in [9.17, 15) is 0 Å². The number of fused-ring (bicyclic) bond motifs is 2. The average Bonchev–Trinajstić information content (AvgIpc) is 3.80. The normalized spacial score (nSPS) is 19.5. The number of piperidine rings is 3. The summed E-state index contributed by atoms with van der Waals surface area (Å²) in [7, 11) is 2.23. The van der Waals surface area contributed by atoms with Crippen molar-refractivity contribution in [3.05, 3.63) is 84.1 Å². The van der Waals surface area contributed by atoms with Gasteiger partial charge in [-0.1, -0.05) is 60.7 Å². The lowest BCUT2D eigenvalue weighted by Gasteiger charge is -2.36. The molecule has 0 amide bonds. The molecule has 0 radical (unpaired) electrons. The van der Waals surface area contributed by atoms with Gasteiger partial charge in [0.2, 0.25) is 0 Å². The number of thiophene rings is 2. The fourth-order valence-corrected chi connectivity index (χ4v) is 10.9. The molecule has 4 aromatic heterocycles. The third-order valence-electron chi connectivity index (χ3n) is 12.8. The number of nitrogens with one attached hydrogen (secondary N) is 2. The van der Waals surface area contributed by atoms with Gasteiger partial charge in [0.15, 0.2) is 0 Å². The predicted molar refractivity (Wildman–Crippen MR) is 240 cm³/mol. The molecule has 9 nitrogen and oxygen atoms in total. The van der Waals surface area contributed by atoms with Crippen molar-refractivity contribution in [3.8, 4) is 22.3 Å². The van der Waals surface area contributed by atoms with E-state index >= 15 is 0 Å². The lowest BCUT2D eigenvalue weighted by molar-refractivity contribution is 0.226. The molecule has 3 aliphatic heterocycles. The van der Waals surface area contributed by atoms with E-state index in [0.717, 1.165) is 71.9 Å². The zero-order chi connectivity index (χ0) is 38.6. The van der Waals surface area contributed by atoms with Crippen molar-refractivity contribution in [2.75, 3.05) is 62.7 Å². The molecule has 6 aromatic rings. The summed E-state index contributed by atoms with van der Waals surface area (Å²) in [4.78, 5) is 28.1. The molecular weight excluding hydrogens is 743 g/mol. The van der Waals surface area contributed by atoms with Crippen LogP contribution in [0.25, 0.3) is 42.7 Å². The zero-order valence-corrected chi connectivity index (χ0v) is 35.2. The van der Waals surface area contributed by atoms with Gasteiger partial charge in [0, 0.05) is 66.2 Å². The minimum Gasteiger partial charge on any atom is -0.356 e. The SMILES string of the molecule is CC(NC1CC1)C1CCN(c2ncnc3scc(-c4ccccc4)c23)CC1.CN1CCC(NCC2CCN(c3ncnc4scc(-c5ccccc5)c34)CC2)CC1. The van der Waals surface area contributed by atoms with Crippen molar-refractivity contribution in [2.24, 2.45) is 11.8 Å². The number of likely N-dealkylation sites (tertiary alicyclic amines) is 1. The van der Waals surface area contributed by atoms with Crippen molar-refractivity contribution >= 4 is 54.7 Å². The smallest absolute Gasteiger partial charge is 0.141 e. The minimum atomic E-state index is 0.631. The molecule has 2 N–H and O–H groups in total. The van der Waals surface area contributed by atoms with Crippen LogP contribution in [-0.4, -0.2) is 95.8 Å². The zero-order valence-electron chi connectivity index (χ0n) is 33.5. The van der Waals surface area contributed by atoms with Crippen LogP contribution >= 0.6 is 22.7 Å². The highest BCUT2D eigenvalue weighted by molar-refractivity contribution is 7.17. The van der Waals surface area contributed by atoms with Gasteiger partial charge < -0.3 is 25.3 Å². The van der Waals surface area contributed by atoms with Gasteiger partial charge in [-0.2, -0.15) is 0 Å². The molecule has 1 atom stereocenters. The van der Waals surface area contributed by atoms with E-state index in [1.54, 1.807) is 35.3 Å². The Morgan fingerprint density at radius 3 is 1.63 bits per heavy atom. The summed E-state index contributed by atoms with van der Waals surface area (Å²) in [5.41, 5.74) is 5.02. The molecule has 11 heteroatoms. The molecule has 2 aromatic carbocycles. The molecule has 4 fully saturated rings. The monoisotopic (exact) mass is 799 g/mol. The molecule has 10 rings (SSSR count). The Kier molecular flexibility index (Phi) is 12.1. The van der Waals surface area contributed by atoms with E-state index in [0.29, 0.717) is 12.1 Å². The third kappa shape index (κ3) is 9.03. The van der Waals surface area contributed by atoms with E-state index in [4.69, 9.17) is 9.97 Å². The number of rotatable bonds is 10. The Balaban J connectivity index is 0.000000149. The maximum atomic E-state index is 4.74. The van der Waals surface area contributed by atoms with E-state index in [1.807, 2.05) is 0 Å². The van der Waals surface area contributed by atoms with Crippen LogP contribution in [0.2, 0.25) is 0 Å². The van der Waals surface area contributed by atoms with Crippen LogP contribution in [0.4, 0.5) is 11.6 Å². The highest BCUT2D eigenvalue weighted by Crippen LogP contribution is 2.40. The van der Waals surface area contributed by atoms with Gasteiger partial charge in [0.25, 0.3) is 0 Å². The standard InChI is InChI=1S/C24H31N5S.C22H26N4S/c1-28-11-9-20(10-12-28)25-15-18-7-13-29(14-8-18)23-22-21(19-5-3-2-4-6-19)16-30-24(22)27-17-26-23;1-15(25-18-7-8-18)16-9-11-26(12-10-16)21-20-19(17-5-3-2-4-6-17)13-27-22(20)24-14-23-21/h2-6,16-18,20,25H,7-15H2,1H3;2-6,13-16,18,25H,7-12H2,1H3. The maximum absolute atomic E-state index is 4.74. The Labute approximate surface area is 346 Å². The Morgan fingerprint density at radius 2 is 1.12 bits per heavy atom. The van der Waals surface area contributed by atoms with Gasteiger partial charge in [-0.05, 0) is 108 Å². The number of aromatic nitrogens is 4. The van der Waals surface area contributed by atoms with Crippen molar-refractivity contribution in [1.82, 2.24) is 35.5 Å². The molecular formula is C46H57N9S2. The van der Waals surface area contributed by atoms with Crippen molar-refractivity contribution in [3.63, 3.8) is 0 Å². The summed E-state index contributed by atoms with van der Waals surface area (Å²) in [5.74, 6) is 3.77. The Hall–Kier alpha value is -4.00. The highest BCUT2D eigenvalue weighted by atomic mass is 32.1. The van der Waals surface area contributed by atoms with Crippen LogP contribution in [0.15, 0.2) is 84.1 Å². The van der Waals surface area contributed by atoms with Crippen LogP contribution in [0.1, 0.15) is 58.3 Å². The quantitative estimate of drug-likeness (QED) is 0.141. The molecule has 1 saturated carbocycles. The van der Waals surface area contributed by atoms with Crippen molar-refractivity contribution < 1.29 is 0 Å². The summed E-state index contributed by atoms with van der Waals surface area (Å²) < 4.78 is 0. The summed E-state index contributed by atoms with van der Waals surface area (Å²) in [6.45, 7) is 10.3. The lowest BCUT2D eigenvalue weighted by Crippen LogP contribution is -2.44. The third-order valence-corrected chi connectivity index (χ3v) is 14.6. The van der Waals surface area contributed by atoms with Crippen LogP contribution in [0.5, 0.6) is 0 Å². The fourth-order valence-electron chi connectivity index (χ4n) is 9.12. The average molecular weight is 800 g/mol. The number of anilines is 2. The molecule has 4 aliphatic rings. The van der Waals surface area contributed by atoms with Gasteiger partial charge >= 0.3 is 0 Å². The maximum Gasteiger partial charge on any atom is 0.141 e. The molecule has 7 heterocycles.